The molecule has 0 bridgehead atoms. The predicted molar refractivity (Wildman–Crippen MR) is 83.9 cm³/mol. The monoisotopic (exact) mass is 282 g/mol. The SMILES string of the molecule is CCOc1ccccc1/C=N\NC(=O)c1cccc(C)c1. The summed E-state index contributed by atoms with van der Waals surface area (Å²) >= 11 is 0. The van der Waals surface area contributed by atoms with Crippen LogP contribution in [0.25, 0.3) is 0 Å². The maximum Gasteiger partial charge on any atom is 0.271 e. The normalized spacial score (nSPS) is 10.6. The molecule has 0 saturated carbocycles. The van der Waals surface area contributed by atoms with Gasteiger partial charge >= 0.3 is 0 Å². The lowest BCUT2D eigenvalue weighted by atomic mass is 10.1. The molecule has 4 nitrogen and oxygen atoms in total. The Morgan fingerprint density at radius 2 is 2.05 bits per heavy atom. The van der Waals surface area contributed by atoms with Gasteiger partial charge < -0.3 is 4.74 Å². The lowest BCUT2D eigenvalue weighted by Gasteiger charge is -2.06. The third-order valence-corrected chi connectivity index (χ3v) is 2.87. The summed E-state index contributed by atoms with van der Waals surface area (Å²) in [5.41, 5.74) is 4.97. The number of benzene rings is 2. The van der Waals surface area contributed by atoms with Crippen molar-refractivity contribution in [3.05, 3.63) is 65.2 Å². The van der Waals surface area contributed by atoms with Crippen molar-refractivity contribution < 1.29 is 9.53 Å². The van der Waals surface area contributed by atoms with E-state index in [0.29, 0.717) is 12.2 Å². The Balaban J connectivity index is 2.04. The van der Waals surface area contributed by atoms with Crippen LogP contribution in [-0.4, -0.2) is 18.7 Å². The van der Waals surface area contributed by atoms with Crippen LogP contribution >= 0.6 is 0 Å². The molecule has 0 heterocycles. The van der Waals surface area contributed by atoms with Crippen molar-refractivity contribution in [2.24, 2.45) is 5.10 Å². The van der Waals surface area contributed by atoms with Gasteiger partial charge in [-0.25, -0.2) is 5.43 Å². The summed E-state index contributed by atoms with van der Waals surface area (Å²) in [4.78, 5) is 11.9. The second-order valence-electron chi connectivity index (χ2n) is 4.54. The molecule has 1 amide bonds. The van der Waals surface area contributed by atoms with E-state index in [9.17, 15) is 4.79 Å². The van der Waals surface area contributed by atoms with Crippen LogP contribution in [0.15, 0.2) is 53.6 Å². The number of hydrogen-bond acceptors (Lipinski definition) is 3. The van der Waals surface area contributed by atoms with Gasteiger partial charge in [0.15, 0.2) is 0 Å². The molecular formula is C17H18N2O2. The highest BCUT2D eigenvalue weighted by Gasteiger charge is 2.04. The van der Waals surface area contributed by atoms with E-state index in [1.165, 1.54) is 0 Å². The fraction of sp³-hybridized carbons (Fsp3) is 0.176. The minimum Gasteiger partial charge on any atom is -0.493 e. The summed E-state index contributed by atoms with van der Waals surface area (Å²) in [7, 11) is 0. The van der Waals surface area contributed by atoms with Gasteiger partial charge in [-0.1, -0.05) is 29.8 Å². The number of carbonyl (C=O) groups is 1. The number of nitrogens with one attached hydrogen (secondary N) is 1. The number of para-hydroxylation sites is 1. The van der Waals surface area contributed by atoms with E-state index in [-0.39, 0.29) is 5.91 Å². The maximum absolute atomic E-state index is 11.9. The van der Waals surface area contributed by atoms with E-state index in [1.54, 1.807) is 12.3 Å². The third-order valence-electron chi connectivity index (χ3n) is 2.87. The molecule has 4 heteroatoms. The number of ether oxygens (including phenoxy) is 1. The van der Waals surface area contributed by atoms with Crippen LogP contribution in [0.4, 0.5) is 0 Å². The van der Waals surface area contributed by atoms with Gasteiger partial charge in [-0.05, 0) is 38.1 Å². The van der Waals surface area contributed by atoms with Crippen LogP contribution in [-0.2, 0) is 0 Å². The first-order chi connectivity index (χ1) is 10.2. The van der Waals surface area contributed by atoms with Crippen molar-refractivity contribution in [2.45, 2.75) is 13.8 Å². The highest BCUT2D eigenvalue weighted by molar-refractivity contribution is 5.95. The average Bonchev–Trinajstić information content (AvgIpc) is 2.49. The molecule has 0 atom stereocenters. The molecule has 0 aliphatic rings. The first-order valence-electron chi connectivity index (χ1n) is 6.82. The van der Waals surface area contributed by atoms with E-state index in [1.807, 2.05) is 56.3 Å². The fourth-order valence-corrected chi connectivity index (χ4v) is 1.89. The first kappa shape index (κ1) is 14.8. The summed E-state index contributed by atoms with van der Waals surface area (Å²) in [6.45, 7) is 4.45. The van der Waals surface area contributed by atoms with Crippen LogP contribution < -0.4 is 10.2 Å². The van der Waals surface area contributed by atoms with Gasteiger partial charge in [-0.2, -0.15) is 5.10 Å². The van der Waals surface area contributed by atoms with Crippen molar-refractivity contribution >= 4 is 12.1 Å². The zero-order chi connectivity index (χ0) is 15.1. The smallest absolute Gasteiger partial charge is 0.271 e. The van der Waals surface area contributed by atoms with Crippen molar-refractivity contribution in [2.75, 3.05) is 6.61 Å². The summed E-state index contributed by atoms with van der Waals surface area (Å²) in [6, 6.07) is 14.9. The quantitative estimate of drug-likeness (QED) is 0.676. The minimum absolute atomic E-state index is 0.233. The molecule has 0 radical (unpaired) electrons. The summed E-state index contributed by atoms with van der Waals surface area (Å²) in [6.07, 6.45) is 1.58. The number of nitrogens with zero attached hydrogens (tertiary/aromatic N) is 1. The van der Waals surface area contributed by atoms with Crippen LogP contribution in [0.1, 0.15) is 28.4 Å². The van der Waals surface area contributed by atoms with Crippen LogP contribution in [0.2, 0.25) is 0 Å². The molecule has 0 aliphatic heterocycles. The lowest BCUT2D eigenvalue weighted by molar-refractivity contribution is 0.0955. The number of carbonyl (C=O) groups excluding carboxylic acids is 1. The standard InChI is InChI=1S/C17H18N2O2/c1-3-21-16-10-5-4-8-15(16)12-18-19-17(20)14-9-6-7-13(2)11-14/h4-12H,3H2,1-2H3,(H,19,20)/b18-12-. The van der Waals surface area contributed by atoms with Crippen molar-refractivity contribution in [3.63, 3.8) is 0 Å². The van der Waals surface area contributed by atoms with Crippen LogP contribution in [0, 0.1) is 6.92 Å². The summed E-state index contributed by atoms with van der Waals surface area (Å²) in [5, 5.41) is 3.99. The van der Waals surface area contributed by atoms with Gasteiger partial charge in [0.25, 0.3) is 5.91 Å². The Labute approximate surface area is 124 Å². The molecule has 0 fully saturated rings. The van der Waals surface area contributed by atoms with Gasteiger partial charge in [-0.15, -0.1) is 0 Å². The highest BCUT2D eigenvalue weighted by atomic mass is 16.5. The molecule has 1 N–H and O–H groups in total. The molecular weight excluding hydrogens is 264 g/mol. The molecule has 0 aromatic heterocycles. The Bertz CT molecular complexity index is 651. The zero-order valence-corrected chi connectivity index (χ0v) is 12.2. The topological polar surface area (TPSA) is 50.7 Å². The number of aryl methyl sites for hydroxylation is 1. The van der Waals surface area contributed by atoms with E-state index < -0.39 is 0 Å². The van der Waals surface area contributed by atoms with Crippen LogP contribution in [0.3, 0.4) is 0 Å². The third kappa shape index (κ3) is 4.18. The number of rotatable bonds is 5. The Morgan fingerprint density at radius 1 is 1.24 bits per heavy atom. The molecule has 2 aromatic rings. The second-order valence-corrected chi connectivity index (χ2v) is 4.54. The predicted octanol–water partition coefficient (Wildman–Crippen LogP) is 3.16. The average molecular weight is 282 g/mol. The van der Waals surface area contributed by atoms with Crippen molar-refractivity contribution in [1.82, 2.24) is 5.43 Å². The zero-order valence-electron chi connectivity index (χ0n) is 12.2. The fourth-order valence-electron chi connectivity index (χ4n) is 1.89. The highest BCUT2D eigenvalue weighted by Crippen LogP contribution is 2.15. The Morgan fingerprint density at radius 3 is 2.81 bits per heavy atom. The van der Waals surface area contributed by atoms with Gasteiger partial charge in [0, 0.05) is 11.1 Å². The van der Waals surface area contributed by atoms with E-state index in [4.69, 9.17) is 4.74 Å². The van der Waals surface area contributed by atoms with Crippen molar-refractivity contribution in [3.8, 4) is 5.75 Å². The second kappa shape index (κ2) is 7.24. The first-order valence-corrected chi connectivity index (χ1v) is 6.82. The summed E-state index contributed by atoms with van der Waals surface area (Å²) < 4.78 is 5.49. The van der Waals surface area contributed by atoms with Gasteiger partial charge in [0.05, 0.1) is 12.8 Å². The van der Waals surface area contributed by atoms with E-state index in [0.717, 1.165) is 16.9 Å². The van der Waals surface area contributed by atoms with Gasteiger partial charge in [0.1, 0.15) is 5.75 Å². The number of hydrogen-bond donors (Lipinski definition) is 1. The van der Waals surface area contributed by atoms with Crippen LogP contribution in [0.5, 0.6) is 5.75 Å². The molecule has 2 aromatic carbocycles. The molecule has 0 saturated heterocycles. The lowest BCUT2D eigenvalue weighted by Crippen LogP contribution is -2.17. The number of amides is 1. The molecule has 0 unspecified atom stereocenters. The largest absolute Gasteiger partial charge is 0.493 e. The van der Waals surface area contributed by atoms with Gasteiger partial charge in [0.2, 0.25) is 0 Å². The molecule has 0 aliphatic carbocycles. The maximum atomic E-state index is 11.9. The number of hydrazone groups is 1. The van der Waals surface area contributed by atoms with E-state index in [2.05, 4.69) is 10.5 Å². The van der Waals surface area contributed by atoms with E-state index >= 15 is 0 Å². The summed E-state index contributed by atoms with van der Waals surface area (Å²) in [5.74, 6) is 0.511. The molecule has 2 rings (SSSR count). The Hall–Kier alpha value is -2.62. The molecule has 108 valence electrons. The van der Waals surface area contributed by atoms with Gasteiger partial charge in [-0.3, -0.25) is 4.79 Å². The minimum atomic E-state index is -0.233. The molecule has 21 heavy (non-hydrogen) atoms. The van der Waals surface area contributed by atoms with Crippen molar-refractivity contribution in [1.29, 1.82) is 0 Å². The molecule has 0 spiro atoms. The Kier molecular flexibility index (Phi) is 5.10.